The monoisotopic (exact) mass is 286 g/mol. The first-order chi connectivity index (χ1) is 10.1. The van der Waals surface area contributed by atoms with Gasteiger partial charge in [0.05, 0.1) is 17.9 Å². The van der Waals surface area contributed by atoms with Gasteiger partial charge in [0.25, 0.3) is 0 Å². The molecule has 0 spiro atoms. The van der Waals surface area contributed by atoms with Crippen LogP contribution in [-0.2, 0) is 13.1 Å². The highest BCUT2D eigenvalue weighted by Gasteiger charge is 2.26. The topological polar surface area (TPSA) is 59.7 Å². The molecule has 0 bridgehead atoms. The van der Waals surface area contributed by atoms with Crippen molar-refractivity contribution in [3.8, 4) is 0 Å². The van der Waals surface area contributed by atoms with Gasteiger partial charge >= 0.3 is 0 Å². The molecule has 2 aromatic heterocycles. The predicted molar refractivity (Wildman–Crippen MR) is 79.7 cm³/mol. The molecule has 6 nitrogen and oxygen atoms in total. The van der Waals surface area contributed by atoms with E-state index >= 15 is 0 Å². The van der Waals surface area contributed by atoms with Crippen LogP contribution in [0.5, 0.6) is 0 Å². The van der Waals surface area contributed by atoms with Crippen LogP contribution in [0.4, 0.5) is 0 Å². The molecule has 1 fully saturated rings. The van der Waals surface area contributed by atoms with Gasteiger partial charge in [-0.05, 0) is 40.2 Å². The normalized spacial score (nSPS) is 19.3. The second-order valence-electron chi connectivity index (χ2n) is 5.80. The fourth-order valence-corrected chi connectivity index (χ4v) is 2.95. The Balaban J connectivity index is 1.67. The van der Waals surface area contributed by atoms with Crippen molar-refractivity contribution in [2.24, 2.45) is 0 Å². The molecule has 0 radical (unpaired) electrons. The van der Waals surface area contributed by atoms with Crippen molar-refractivity contribution in [3.63, 3.8) is 0 Å². The van der Waals surface area contributed by atoms with Crippen LogP contribution in [0.1, 0.15) is 35.9 Å². The van der Waals surface area contributed by atoms with Gasteiger partial charge in [-0.15, -0.1) is 0 Å². The lowest BCUT2D eigenvalue weighted by atomic mass is 10.2. The molecule has 0 amide bonds. The number of hydrogen-bond donors (Lipinski definition) is 0. The van der Waals surface area contributed by atoms with Crippen LogP contribution < -0.4 is 0 Å². The van der Waals surface area contributed by atoms with Crippen molar-refractivity contribution in [1.29, 1.82) is 0 Å². The Morgan fingerprint density at radius 3 is 2.71 bits per heavy atom. The van der Waals surface area contributed by atoms with E-state index in [1.165, 1.54) is 12.8 Å². The number of aromatic nitrogens is 5. The van der Waals surface area contributed by atoms with Crippen LogP contribution in [-0.4, -0.2) is 42.2 Å². The van der Waals surface area contributed by atoms with Gasteiger partial charge in [-0.2, -0.15) is 5.10 Å². The Morgan fingerprint density at radius 2 is 2.05 bits per heavy atom. The molecule has 3 heterocycles. The first kappa shape index (κ1) is 14.1. The number of likely N-dealkylation sites (tertiary alicyclic amines) is 1. The minimum Gasteiger partial charge on any atom is -0.293 e. The summed E-state index contributed by atoms with van der Waals surface area (Å²) in [5, 5.41) is 4.48. The van der Waals surface area contributed by atoms with Gasteiger partial charge in [0, 0.05) is 25.0 Å². The molecule has 0 aliphatic carbocycles. The molecule has 2 aromatic rings. The van der Waals surface area contributed by atoms with Crippen molar-refractivity contribution < 1.29 is 0 Å². The van der Waals surface area contributed by atoms with Gasteiger partial charge in [0.15, 0.2) is 0 Å². The van der Waals surface area contributed by atoms with Crippen LogP contribution in [0.3, 0.4) is 0 Å². The summed E-state index contributed by atoms with van der Waals surface area (Å²) in [5.74, 6) is 1.84. The molecule has 0 unspecified atom stereocenters. The molecule has 6 heteroatoms. The van der Waals surface area contributed by atoms with Crippen LogP contribution in [0.2, 0.25) is 0 Å². The summed E-state index contributed by atoms with van der Waals surface area (Å²) in [5.41, 5.74) is 2.00. The third kappa shape index (κ3) is 3.26. The molecule has 1 atom stereocenters. The Morgan fingerprint density at radius 1 is 1.19 bits per heavy atom. The summed E-state index contributed by atoms with van der Waals surface area (Å²) in [4.78, 5) is 15.7. The molecular weight excluding hydrogens is 264 g/mol. The highest BCUT2D eigenvalue weighted by atomic mass is 15.4. The highest BCUT2D eigenvalue weighted by Crippen LogP contribution is 2.21. The number of aryl methyl sites for hydroxylation is 3. The molecule has 0 saturated carbocycles. The maximum Gasteiger partial charge on any atom is 0.147 e. The molecule has 3 rings (SSSR count). The van der Waals surface area contributed by atoms with Gasteiger partial charge in [0.2, 0.25) is 0 Å². The third-order valence-corrected chi connectivity index (χ3v) is 4.04. The second kappa shape index (κ2) is 5.89. The third-order valence-electron chi connectivity index (χ3n) is 4.04. The zero-order valence-electron chi connectivity index (χ0n) is 13.0. The van der Waals surface area contributed by atoms with Crippen LogP contribution >= 0.6 is 0 Å². The van der Waals surface area contributed by atoms with Gasteiger partial charge in [-0.1, -0.05) is 0 Å². The van der Waals surface area contributed by atoms with Crippen LogP contribution in [0.25, 0.3) is 0 Å². The minimum absolute atomic E-state index is 0.507. The van der Waals surface area contributed by atoms with E-state index in [1.807, 2.05) is 37.8 Å². The Labute approximate surface area is 125 Å². The van der Waals surface area contributed by atoms with Crippen molar-refractivity contribution in [2.45, 2.75) is 52.7 Å². The van der Waals surface area contributed by atoms with Crippen LogP contribution in [0, 0.1) is 20.8 Å². The molecule has 1 aliphatic heterocycles. The van der Waals surface area contributed by atoms with E-state index in [4.69, 9.17) is 0 Å². The minimum atomic E-state index is 0.507. The quantitative estimate of drug-likeness (QED) is 0.855. The standard InChI is InChI=1S/C15H22N6/c1-11-7-17-14(8-16-11)9-20-6-4-5-15(20)10-21-13(3)18-12(2)19-21/h7-8,15H,4-6,9-10H2,1-3H3/t15-/m0/s1. The summed E-state index contributed by atoms with van der Waals surface area (Å²) in [6, 6.07) is 0.507. The first-order valence-corrected chi connectivity index (χ1v) is 7.51. The Hall–Kier alpha value is -1.82. The van der Waals surface area contributed by atoms with Crippen molar-refractivity contribution in [1.82, 2.24) is 29.6 Å². The van der Waals surface area contributed by atoms with E-state index in [9.17, 15) is 0 Å². The molecular formula is C15H22N6. The number of rotatable bonds is 4. The summed E-state index contributed by atoms with van der Waals surface area (Å²) >= 11 is 0. The average Bonchev–Trinajstić information content (AvgIpc) is 3.00. The Bertz CT molecular complexity index is 603. The smallest absolute Gasteiger partial charge is 0.147 e. The zero-order valence-corrected chi connectivity index (χ0v) is 13.0. The maximum atomic E-state index is 4.48. The van der Waals surface area contributed by atoms with E-state index in [0.29, 0.717) is 6.04 Å². The number of nitrogens with zero attached hydrogens (tertiary/aromatic N) is 6. The molecule has 1 aliphatic rings. The average molecular weight is 286 g/mol. The van der Waals surface area contributed by atoms with Gasteiger partial charge in [0.1, 0.15) is 11.6 Å². The van der Waals surface area contributed by atoms with E-state index in [2.05, 4.69) is 25.0 Å². The van der Waals surface area contributed by atoms with Crippen molar-refractivity contribution in [2.75, 3.05) is 6.54 Å². The van der Waals surface area contributed by atoms with Gasteiger partial charge in [-0.3, -0.25) is 14.9 Å². The number of hydrogen-bond acceptors (Lipinski definition) is 5. The SMILES string of the molecule is Cc1cnc(CN2CCC[C@H]2Cn2nc(C)nc2C)cn1. The lowest BCUT2D eigenvalue weighted by Crippen LogP contribution is -2.33. The van der Waals surface area contributed by atoms with Crippen LogP contribution in [0.15, 0.2) is 12.4 Å². The fraction of sp³-hybridized carbons (Fsp3) is 0.600. The van der Waals surface area contributed by atoms with Crippen molar-refractivity contribution >= 4 is 0 Å². The summed E-state index contributed by atoms with van der Waals surface area (Å²) in [6.45, 7) is 8.82. The molecule has 112 valence electrons. The summed E-state index contributed by atoms with van der Waals surface area (Å²) < 4.78 is 2.03. The second-order valence-corrected chi connectivity index (χ2v) is 5.80. The summed E-state index contributed by atoms with van der Waals surface area (Å²) in [6.07, 6.45) is 6.16. The van der Waals surface area contributed by atoms with E-state index in [-0.39, 0.29) is 0 Å². The van der Waals surface area contributed by atoms with E-state index in [0.717, 1.165) is 42.7 Å². The highest BCUT2D eigenvalue weighted by molar-refractivity contribution is 5.01. The molecule has 0 aromatic carbocycles. The Kier molecular flexibility index (Phi) is 3.96. The molecule has 0 N–H and O–H groups in total. The van der Waals surface area contributed by atoms with Crippen molar-refractivity contribution in [3.05, 3.63) is 35.4 Å². The van der Waals surface area contributed by atoms with E-state index < -0.39 is 0 Å². The zero-order chi connectivity index (χ0) is 14.8. The molecule has 1 saturated heterocycles. The fourth-order valence-electron chi connectivity index (χ4n) is 2.95. The lowest BCUT2D eigenvalue weighted by Gasteiger charge is -2.24. The lowest BCUT2D eigenvalue weighted by molar-refractivity contribution is 0.215. The van der Waals surface area contributed by atoms with Gasteiger partial charge < -0.3 is 0 Å². The largest absolute Gasteiger partial charge is 0.293 e. The van der Waals surface area contributed by atoms with Gasteiger partial charge in [-0.25, -0.2) is 9.67 Å². The first-order valence-electron chi connectivity index (χ1n) is 7.51. The predicted octanol–water partition coefficient (Wildman–Crippen LogP) is 1.66. The molecule has 21 heavy (non-hydrogen) atoms. The van der Waals surface area contributed by atoms with E-state index in [1.54, 1.807) is 0 Å². The maximum absolute atomic E-state index is 4.48. The summed E-state index contributed by atoms with van der Waals surface area (Å²) in [7, 11) is 0.